The summed E-state index contributed by atoms with van der Waals surface area (Å²) in [4.78, 5) is 26.6. The van der Waals surface area contributed by atoms with Gasteiger partial charge in [0.15, 0.2) is 0 Å². The standard InChI is InChI=1S/C24H32BFN2O4/c1-7-8-21(24(4,5)6)28(23(30)18-12-15(2)11-16(3)13-18)27-22(29)17-9-10-19(25(31)32)20(26)14-17/h9-14,21,31-32H,7-8H2,1-6H3,(H,27,29)/t21-/m1/s1. The van der Waals surface area contributed by atoms with Gasteiger partial charge in [-0.3, -0.25) is 15.0 Å². The van der Waals surface area contributed by atoms with E-state index in [0.717, 1.165) is 29.7 Å². The number of amides is 2. The van der Waals surface area contributed by atoms with E-state index in [0.29, 0.717) is 12.0 Å². The summed E-state index contributed by atoms with van der Waals surface area (Å²) in [7, 11) is -1.98. The van der Waals surface area contributed by atoms with Gasteiger partial charge in [0.2, 0.25) is 0 Å². The van der Waals surface area contributed by atoms with Gasteiger partial charge in [-0.1, -0.05) is 57.4 Å². The smallest absolute Gasteiger partial charge is 0.423 e. The second kappa shape index (κ2) is 10.3. The van der Waals surface area contributed by atoms with Crippen LogP contribution < -0.4 is 10.9 Å². The molecular formula is C24H32BFN2O4. The number of rotatable bonds is 6. The molecule has 0 saturated carbocycles. The quantitative estimate of drug-likeness (QED) is 0.474. The van der Waals surface area contributed by atoms with Crippen LogP contribution in [0, 0.1) is 25.1 Å². The Morgan fingerprint density at radius 3 is 2.12 bits per heavy atom. The summed E-state index contributed by atoms with van der Waals surface area (Å²) in [5.41, 5.74) is 4.31. The Hall–Kier alpha value is -2.71. The topological polar surface area (TPSA) is 89.9 Å². The summed E-state index contributed by atoms with van der Waals surface area (Å²) in [5, 5.41) is 19.8. The lowest BCUT2D eigenvalue weighted by Crippen LogP contribution is -2.56. The van der Waals surface area contributed by atoms with Gasteiger partial charge in [0.25, 0.3) is 11.8 Å². The van der Waals surface area contributed by atoms with Crippen LogP contribution in [0.15, 0.2) is 36.4 Å². The molecule has 172 valence electrons. The van der Waals surface area contributed by atoms with Crippen molar-refractivity contribution >= 4 is 24.4 Å². The van der Waals surface area contributed by atoms with Gasteiger partial charge in [-0.15, -0.1) is 0 Å². The number of carbonyl (C=O) groups is 2. The van der Waals surface area contributed by atoms with E-state index in [9.17, 15) is 24.0 Å². The second-order valence-electron chi connectivity index (χ2n) is 9.27. The Kier molecular flexibility index (Phi) is 8.21. The minimum atomic E-state index is -1.98. The molecule has 0 aliphatic rings. The summed E-state index contributed by atoms with van der Waals surface area (Å²) in [5.74, 6) is -1.92. The van der Waals surface area contributed by atoms with Gasteiger partial charge in [0, 0.05) is 16.6 Å². The highest BCUT2D eigenvalue weighted by Gasteiger charge is 2.35. The monoisotopic (exact) mass is 442 g/mol. The number of nitrogens with one attached hydrogen (secondary N) is 1. The molecule has 0 saturated heterocycles. The molecule has 0 radical (unpaired) electrons. The molecule has 2 amide bonds. The highest BCUT2D eigenvalue weighted by molar-refractivity contribution is 6.58. The van der Waals surface area contributed by atoms with Gasteiger partial charge >= 0.3 is 7.12 Å². The number of aryl methyl sites for hydroxylation is 2. The SMILES string of the molecule is CCC[C@@H](N(NC(=O)c1ccc(B(O)O)c(F)c1)C(=O)c1cc(C)cc(C)c1)C(C)(C)C. The first-order valence-electron chi connectivity index (χ1n) is 10.7. The second-order valence-corrected chi connectivity index (χ2v) is 9.27. The van der Waals surface area contributed by atoms with Crippen molar-refractivity contribution in [1.82, 2.24) is 10.4 Å². The van der Waals surface area contributed by atoms with Crippen LogP contribution in [0.3, 0.4) is 0 Å². The lowest BCUT2D eigenvalue weighted by Gasteiger charge is -2.40. The first kappa shape index (κ1) is 25.6. The van der Waals surface area contributed by atoms with E-state index in [4.69, 9.17) is 0 Å². The highest BCUT2D eigenvalue weighted by Crippen LogP contribution is 2.29. The maximum Gasteiger partial charge on any atom is 0.491 e. The van der Waals surface area contributed by atoms with Crippen LogP contribution in [0.5, 0.6) is 0 Å². The van der Waals surface area contributed by atoms with Crippen molar-refractivity contribution in [1.29, 1.82) is 0 Å². The van der Waals surface area contributed by atoms with Gasteiger partial charge in [-0.05, 0) is 49.9 Å². The molecule has 0 fully saturated rings. The van der Waals surface area contributed by atoms with Crippen LogP contribution in [0.1, 0.15) is 72.4 Å². The van der Waals surface area contributed by atoms with Gasteiger partial charge in [-0.25, -0.2) is 9.40 Å². The number of halogens is 1. The van der Waals surface area contributed by atoms with E-state index in [1.165, 1.54) is 11.1 Å². The third kappa shape index (κ3) is 6.17. The van der Waals surface area contributed by atoms with E-state index in [1.807, 2.05) is 47.6 Å². The third-order valence-corrected chi connectivity index (χ3v) is 5.32. The molecule has 6 nitrogen and oxygen atoms in total. The average Bonchev–Trinajstić information content (AvgIpc) is 2.68. The first-order valence-corrected chi connectivity index (χ1v) is 10.7. The van der Waals surface area contributed by atoms with E-state index in [1.54, 1.807) is 12.1 Å². The van der Waals surface area contributed by atoms with Gasteiger partial charge in [-0.2, -0.15) is 0 Å². The first-order chi connectivity index (χ1) is 14.8. The Labute approximate surface area is 189 Å². The minimum Gasteiger partial charge on any atom is -0.423 e. The molecule has 1 atom stereocenters. The highest BCUT2D eigenvalue weighted by atomic mass is 19.1. The van der Waals surface area contributed by atoms with Crippen LogP contribution in [-0.4, -0.2) is 40.0 Å². The maximum absolute atomic E-state index is 14.2. The number of nitrogens with zero attached hydrogens (tertiary/aromatic N) is 1. The summed E-state index contributed by atoms with van der Waals surface area (Å²) in [6, 6.07) is 8.56. The maximum atomic E-state index is 14.2. The zero-order valence-electron chi connectivity index (χ0n) is 19.6. The molecule has 0 heterocycles. The molecule has 0 bridgehead atoms. The number of carbonyl (C=O) groups excluding carboxylic acids is 2. The largest absolute Gasteiger partial charge is 0.491 e. The molecule has 2 rings (SSSR count). The van der Waals surface area contributed by atoms with Gasteiger partial charge in [0.05, 0.1) is 6.04 Å². The normalized spacial score (nSPS) is 12.3. The average molecular weight is 442 g/mol. The number of hydrogen-bond acceptors (Lipinski definition) is 4. The number of hydrogen-bond donors (Lipinski definition) is 3. The molecule has 0 aromatic heterocycles. The zero-order valence-corrected chi connectivity index (χ0v) is 19.6. The van der Waals surface area contributed by atoms with Gasteiger partial charge < -0.3 is 10.0 Å². The molecule has 0 unspecified atom stereocenters. The Balaban J connectivity index is 2.47. The minimum absolute atomic E-state index is 0.0331. The van der Waals surface area contributed by atoms with Crippen LogP contribution in [0.4, 0.5) is 4.39 Å². The van der Waals surface area contributed by atoms with Crippen molar-refractivity contribution in [2.45, 2.75) is 60.4 Å². The van der Waals surface area contributed by atoms with Crippen molar-refractivity contribution < 1.29 is 24.0 Å². The van der Waals surface area contributed by atoms with Crippen molar-refractivity contribution in [3.05, 3.63) is 64.5 Å². The molecule has 8 heteroatoms. The van der Waals surface area contributed by atoms with Crippen molar-refractivity contribution in [2.75, 3.05) is 0 Å². The fraction of sp³-hybridized carbons (Fsp3) is 0.417. The molecule has 0 aliphatic carbocycles. The number of hydrazine groups is 1. The molecule has 0 aliphatic heterocycles. The van der Waals surface area contributed by atoms with E-state index >= 15 is 0 Å². The summed E-state index contributed by atoms with van der Waals surface area (Å²) in [6.45, 7) is 11.8. The third-order valence-electron chi connectivity index (χ3n) is 5.32. The lowest BCUT2D eigenvalue weighted by atomic mass is 9.79. The molecular weight excluding hydrogens is 410 g/mol. The molecule has 2 aromatic carbocycles. The van der Waals surface area contributed by atoms with Crippen LogP contribution in [0.2, 0.25) is 0 Å². The Bertz CT molecular complexity index is 968. The predicted octanol–water partition coefficient (Wildman–Crippen LogP) is 3.12. The van der Waals surface area contributed by atoms with Crippen molar-refractivity contribution in [3.63, 3.8) is 0 Å². The number of benzene rings is 2. The Morgan fingerprint density at radius 2 is 1.66 bits per heavy atom. The van der Waals surface area contributed by atoms with Crippen LogP contribution in [-0.2, 0) is 0 Å². The van der Waals surface area contributed by atoms with Gasteiger partial charge in [0.1, 0.15) is 5.82 Å². The molecule has 32 heavy (non-hydrogen) atoms. The summed E-state index contributed by atoms with van der Waals surface area (Å²) >= 11 is 0. The predicted molar refractivity (Wildman–Crippen MR) is 124 cm³/mol. The zero-order chi connectivity index (χ0) is 24.2. The van der Waals surface area contributed by atoms with Crippen molar-refractivity contribution in [3.8, 4) is 0 Å². The Morgan fingerprint density at radius 1 is 1.06 bits per heavy atom. The fourth-order valence-electron chi connectivity index (χ4n) is 3.78. The van der Waals surface area contributed by atoms with Crippen LogP contribution >= 0.6 is 0 Å². The van der Waals surface area contributed by atoms with E-state index in [2.05, 4.69) is 5.43 Å². The summed E-state index contributed by atoms with van der Waals surface area (Å²) < 4.78 is 14.2. The molecule has 3 N–H and O–H groups in total. The fourth-order valence-corrected chi connectivity index (χ4v) is 3.78. The van der Waals surface area contributed by atoms with Crippen molar-refractivity contribution in [2.24, 2.45) is 5.41 Å². The lowest BCUT2D eigenvalue weighted by molar-refractivity contribution is 0.0271. The molecule has 0 spiro atoms. The van der Waals surface area contributed by atoms with E-state index < -0.39 is 18.8 Å². The molecule has 2 aromatic rings. The summed E-state index contributed by atoms with van der Waals surface area (Å²) in [6.07, 6.45) is 1.45. The van der Waals surface area contributed by atoms with E-state index in [-0.39, 0.29) is 28.4 Å². The van der Waals surface area contributed by atoms with Crippen LogP contribution in [0.25, 0.3) is 0 Å².